The average molecular weight is 460 g/mol. The summed E-state index contributed by atoms with van der Waals surface area (Å²) in [5.41, 5.74) is 1.84. The van der Waals surface area contributed by atoms with Gasteiger partial charge in [-0.2, -0.15) is 0 Å². The first kappa shape index (κ1) is 23.9. The predicted octanol–water partition coefficient (Wildman–Crippen LogP) is 2.62. The van der Waals surface area contributed by atoms with E-state index in [4.69, 9.17) is 4.74 Å². The second-order valence-corrected chi connectivity index (χ2v) is 9.57. The predicted molar refractivity (Wildman–Crippen MR) is 122 cm³/mol. The highest BCUT2D eigenvalue weighted by molar-refractivity contribution is 7.89. The molecule has 9 heteroatoms. The number of benzene rings is 2. The quantitative estimate of drug-likeness (QED) is 0.600. The SMILES string of the molecule is CCN(CC1CCOC1)C(=O)c1ccc(CNS(=O)(=O)c2ccc(NC(C)=O)cc2)cc1. The summed E-state index contributed by atoms with van der Waals surface area (Å²) in [6, 6.07) is 12.9. The van der Waals surface area contributed by atoms with Crippen LogP contribution in [0, 0.1) is 5.92 Å². The van der Waals surface area contributed by atoms with Crippen molar-refractivity contribution in [1.82, 2.24) is 9.62 Å². The summed E-state index contributed by atoms with van der Waals surface area (Å²) in [6.07, 6.45) is 0.971. The first-order valence-corrected chi connectivity index (χ1v) is 12.1. The van der Waals surface area contributed by atoms with Crippen LogP contribution in [0.15, 0.2) is 53.4 Å². The Kier molecular flexibility index (Phi) is 8.00. The molecule has 3 rings (SSSR count). The summed E-state index contributed by atoms with van der Waals surface area (Å²) >= 11 is 0. The highest BCUT2D eigenvalue weighted by Gasteiger charge is 2.22. The zero-order chi connectivity index (χ0) is 23.1. The number of carbonyl (C=O) groups excluding carboxylic acids is 2. The van der Waals surface area contributed by atoms with Gasteiger partial charge in [-0.15, -0.1) is 0 Å². The van der Waals surface area contributed by atoms with Crippen molar-refractivity contribution in [3.05, 3.63) is 59.7 Å². The lowest BCUT2D eigenvalue weighted by Gasteiger charge is -2.24. The van der Waals surface area contributed by atoms with Crippen LogP contribution in [0.25, 0.3) is 0 Å². The first-order valence-electron chi connectivity index (χ1n) is 10.6. The van der Waals surface area contributed by atoms with Crippen molar-refractivity contribution < 1.29 is 22.7 Å². The van der Waals surface area contributed by atoms with Crippen LogP contribution < -0.4 is 10.0 Å². The van der Waals surface area contributed by atoms with Crippen LogP contribution in [-0.4, -0.2) is 51.4 Å². The fourth-order valence-corrected chi connectivity index (χ4v) is 4.54. The monoisotopic (exact) mass is 459 g/mol. The highest BCUT2D eigenvalue weighted by Crippen LogP contribution is 2.17. The van der Waals surface area contributed by atoms with Gasteiger partial charge in [0.15, 0.2) is 0 Å². The molecule has 172 valence electrons. The Hall–Kier alpha value is -2.75. The smallest absolute Gasteiger partial charge is 0.253 e. The van der Waals surface area contributed by atoms with E-state index >= 15 is 0 Å². The zero-order valence-electron chi connectivity index (χ0n) is 18.3. The van der Waals surface area contributed by atoms with E-state index < -0.39 is 10.0 Å². The molecule has 8 nitrogen and oxygen atoms in total. The number of carbonyl (C=O) groups is 2. The molecule has 1 atom stereocenters. The maximum atomic E-state index is 12.8. The summed E-state index contributed by atoms with van der Waals surface area (Å²) in [4.78, 5) is 25.8. The Morgan fingerprint density at radius 2 is 1.78 bits per heavy atom. The normalized spacial score (nSPS) is 16.0. The Morgan fingerprint density at radius 3 is 2.34 bits per heavy atom. The number of ether oxygens (including phenoxy) is 1. The Balaban J connectivity index is 1.58. The van der Waals surface area contributed by atoms with Gasteiger partial charge in [-0.05, 0) is 55.3 Å². The number of anilines is 1. The van der Waals surface area contributed by atoms with Crippen molar-refractivity contribution in [3.8, 4) is 0 Å². The van der Waals surface area contributed by atoms with E-state index in [0.717, 1.165) is 18.6 Å². The zero-order valence-corrected chi connectivity index (χ0v) is 19.2. The molecule has 1 saturated heterocycles. The lowest BCUT2D eigenvalue weighted by Crippen LogP contribution is -2.35. The molecule has 0 bridgehead atoms. The topological polar surface area (TPSA) is 105 Å². The average Bonchev–Trinajstić information content (AvgIpc) is 3.29. The lowest BCUT2D eigenvalue weighted by atomic mass is 10.1. The maximum Gasteiger partial charge on any atom is 0.253 e. The van der Waals surface area contributed by atoms with E-state index in [2.05, 4.69) is 10.0 Å². The molecule has 2 aromatic carbocycles. The van der Waals surface area contributed by atoms with Crippen LogP contribution >= 0.6 is 0 Å². The van der Waals surface area contributed by atoms with Crippen molar-refractivity contribution in [2.75, 3.05) is 31.6 Å². The van der Waals surface area contributed by atoms with Crippen molar-refractivity contribution in [2.45, 2.75) is 31.7 Å². The summed E-state index contributed by atoms with van der Waals surface area (Å²) in [6.45, 7) is 6.19. The van der Waals surface area contributed by atoms with Crippen molar-refractivity contribution in [1.29, 1.82) is 0 Å². The molecule has 0 saturated carbocycles. The molecule has 2 N–H and O–H groups in total. The third-order valence-corrected chi connectivity index (χ3v) is 6.74. The highest BCUT2D eigenvalue weighted by atomic mass is 32.2. The molecule has 0 spiro atoms. The minimum Gasteiger partial charge on any atom is -0.381 e. The number of rotatable bonds is 9. The van der Waals surface area contributed by atoms with Crippen molar-refractivity contribution in [2.24, 2.45) is 5.92 Å². The van der Waals surface area contributed by atoms with E-state index in [9.17, 15) is 18.0 Å². The van der Waals surface area contributed by atoms with Crippen LogP contribution in [0.4, 0.5) is 5.69 Å². The molecular weight excluding hydrogens is 430 g/mol. The van der Waals surface area contributed by atoms with E-state index in [1.54, 1.807) is 24.3 Å². The van der Waals surface area contributed by atoms with Gasteiger partial charge >= 0.3 is 0 Å². The standard InChI is InChI=1S/C23H29N3O5S/c1-3-26(15-19-12-13-31-16-19)23(28)20-6-4-18(5-7-20)14-24-32(29,30)22-10-8-21(9-11-22)25-17(2)27/h4-11,19,24H,3,12-16H2,1-2H3,(H,25,27). The minimum absolute atomic E-state index is 0.0363. The number of nitrogens with one attached hydrogen (secondary N) is 2. The number of sulfonamides is 1. The maximum absolute atomic E-state index is 12.8. The molecule has 2 aromatic rings. The van der Waals surface area contributed by atoms with Gasteiger partial charge in [0.05, 0.1) is 11.5 Å². The molecule has 0 aromatic heterocycles. The molecule has 1 fully saturated rings. The molecule has 0 radical (unpaired) electrons. The van der Waals surface area contributed by atoms with Gasteiger partial charge in [0.2, 0.25) is 15.9 Å². The lowest BCUT2D eigenvalue weighted by molar-refractivity contribution is -0.114. The molecule has 1 aliphatic rings. The van der Waals surface area contributed by atoms with Gasteiger partial charge in [0, 0.05) is 50.3 Å². The molecule has 2 amide bonds. The Bertz CT molecular complexity index is 1030. The van der Waals surface area contributed by atoms with E-state index in [0.29, 0.717) is 36.9 Å². The van der Waals surface area contributed by atoms with Gasteiger partial charge in [0.1, 0.15) is 0 Å². The first-order chi connectivity index (χ1) is 15.3. The molecule has 1 heterocycles. The number of amides is 2. The molecular formula is C23H29N3O5S. The van der Waals surface area contributed by atoms with Crippen LogP contribution in [0.5, 0.6) is 0 Å². The van der Waals surface area contributed by atoms with Crippen LogP contribution in [0.3, 0.4) is 0 Å². The van der Waals surface area contributed by atoms with Gasteiger partial charge in [-0.1, -0.05) is 12.1 Å². The van der Waals surface area contributed by atoms with Gasteiger partial charge in [-0.3, -0.25) is 9.59 Å². The molecule has 1 unspecified atom stereocenters. The second kappa shape index (κ2) is 10.7. The fourth-order valence-electron chi connectivity index (χ4n) is 3.52. The summed E-state index contributed by atoms with van der Waals surface area (Å²) in [7, 11) is -3.71. The third-order valence-electron chi connectivity index (χ3n) is 5.32. The Morgan fingerprint density at radius 1 is 1.09 bits per heavy atom. The van der Waals surface area contributed by atoms with E-state index in [1.165, 1.54) is 31.2 Å². The molecule has 1 aliphatic heterocycles. The third kappa shape index (κ3) is 6.38. The van der Waals surface area contributed by atoms with Crippen LogP contribution in [-0.2, 0) is 26.1 Å². The van der Waals surface area contributed by atoms with Gasteiger partial charge in [-0.25, -0.2) is 13.1 Å². The fraction of sp³-hybridized carbons (Fsp3) is 0.391. The van der Waals surface area contributed by atoms with Crippen LogP contribution in [0.1, 0.15) is 36.2 Å². The number of hydrogen-bond donors (Lipinski definition) is 2. The summed E-state index contributed by atoms with van der Waals surface area (Å²) in [5, 5.41) is 2.60. The summed E-state index contributed by atoms with van der Waals surface area (Å²) in [5.74, 6) is 0.112. The van der Waals surface area contributed by atoms with Gasteiger partial charge in [0.25, 0.3) is 5.91 Å². The number of nitrogens with zero attached hydrogens (tertiary/aromatic N) is 1. The minimum atomic E-state index is -3.71. The van der Waals surface area contributed by atoms with Gasteiger partial charge < -0.3 is 15.0 Å². The van der Waals surface area contributed by atoms with Crippen molar-refractivity contribution in [3.63, 3.8) is 0 Å². The van der Waals surface area contributed by atoms with E-state index in [1.807, 2.05) is 11.8 Å². The Labute approximate surface area is 189 Å². The second-order valence-electron chi connectivity index (χ2n) is 7.80. The molecule has 0 aliphatic carbocycles. The van der Waals surface area contributed by atoms with E-state index in [-0.39, 0.29) is 23.3 Å². The largest absolute Gasteiger partial charge is 0.381 e. The molecule has 32 heavy (non-hydrogen) atoms. The number of hydrogen-bond acceptors (Lipinski definition) is 5. The summed E-state index contributed by atoms with van der Waals surface area (Å²) < 4.78 is 33.0. The van der Waals surface area contributed by atoms with Crippen LogP contribution in [0.2, 0.25) is 0 Å². The van der Waals surface area contributed by atoms with Crippen molar-refractivity contribution >= 4 is 27.5 Å².